The molecule has 0 aliphatic heterocycles. The van der Waals surface area contributed by atoms with Gasteiger partial charge in [-0.15, -0.1) is 0 Å². The molecular weight excluding hydrogens is 384 g/mol. The molecule has 0 heterocycles. The lowest BCUT2D eigenvalue weighted by molar-refractivity contribution is 0.102. The normalized spacial score (nSPS) is 11.2. The lowest BCUT2D eigenvalue weighted by atomic mass is 10.1. The van der Waals surface area contributed by atoms with Gasteiger partial charge in [0.2, 0.25) is 0 Å². The van der Waals surface area contributed by atoms with Crippen LogP contribution in [0.5, 0.6) is 0 Å². The largest absolute Gasteiger partial charge is 0.322 e. The Bertz CT molecular complexity index is 1170. The van der Waals surface area contributed by atoms with Crippen molar-refractivity contribution in [2.75, 3.05) is 10.0 Å². The molecule has 0 radical (unpaired) electrons. The molecule has 0 saturated heterocycles. The molecule has 29 heavy (non-hydrogen) atoms. The standard InChI is InChI=1S/C23H24N2O3S/c1-15-8-11-19(12-9-15)25-29(27,28)20-13-10-17(3)21(14-20)23(26)24-22-7-5-6-16(2)18(22)4/h5-14,25H,1-4H3,(H,24,26). The number of sulfonamides is 1. The monoisotopic (exact) mass is 408 g/mol. The van der Waals surface area contributed by atoms with Crippen LogP contribution >= 0.6 is 0 Å². The molecule has 3 aromatic carbocycles. The molecule has 0 aromatic heterocycles. The van der Waals surface area contributed by atoms with Crippen molar-refractivity contribution < 1.29 is 13.2 Å². The van der Waals surface area contributed by atoms with Crippen molar-refractivity contribution in [2.45, 2.75) is 32.6 Å². The second kappa shape index (κ2) is 8.09. The van der Waals surface area contributed by atoms with Crippen LogP contribution in [0.4, 0.5) is 11.4 Å². The van der Waals surface area contributed by atoms with Gasteiger partial charge >= 0.3 is 0 Å². The third-order valence-corrected chi connectivity index (χ3v) is 6.30. The number of amides is 1. The molecule has 3 rings (SSSR count). The number of benzene rings is 3. The fourth-order valence-electron chi connectivity index (χ4n) is 2.92. The summed E-state index contributed by atoms with van der Waals surface area (Å²) < 4.78 is 28.1. The summed E-state index contributed by atoms with van der Waals surface area (Å²) in [7, 11) is -3.82. The zero-order valence-electron chi connectivity index (χ0n) is 16.9. The summed E-state index contributed by atoms with van der Waals surface area (Å²) in [5.41, 5.74) is 5.27. The van der Waals surface area contributed by atoms with Crippen molar-refractivity contribution in [3.8, 4) is 0 Å². The minimum Gasteiger partial charge on any atom is -0.322 e. The summed E-state index contributed by atoms with van der Waals surface area (Å²) in [5.74, 6) is -0.344. The highest BCUT2D eigenvalue weighted by Gasteiger charge is 2.19. The molecule has 0 aliphatic carbocycles. The Kier molecular flexibility index (Phi) is 5.75. The van der Waals surface area contributed by atoms with Gasteiger partial charge in [0.05, 0.1) is 4.90 Å². The smallest absolute Gasteiger partial charge is 0.261 e. The Hall–Kier alpha value is -3.12. The van der Waals surface area contributed by atoms with Crippen molar-refractivity contribution in [1.82, 2.24) is 0 Å². The summed E-state index contributed by atoms with van der Waals surface area (Å²) in [6.07, 6.45) is 0. The van der Waals surface area contributed by atoms with Gasteiger partial charge in [-0.25, -0.2) is 8.42 Å². The zero-order valence-corrected chi connectivity index (χ0v) is 17.7. The van der Waals surface area contributed by atoms with E-state index < -0.39 is 10.0 Å². The van der Waals surface area contributed by atoms with Crippen LogP contribution in [-0.2, 0) is 10.0 Å². The highest BCUT2D eigenvalue weighted by Crippen LogP contribution is 2.22. The Morgan fingerprint density at radius 3 is 2.21 bits per heavy atom. The van der Waals surface area contributed by atoms with Crippen LogP contribution < -0.4 is 10.0 Å². The first-order valence-electron chi connectivity index (χ1n) is 9.25. The first-order chi connectivity index (χ1) is 13.7. The van der Waals surface area contributed by atoms with Crippen LogP contribution in [0.1, 0.15) is 32.6 Å². The molecular formula is C23H24N2O3S. The number of aryl methyl sites for hydroxylation is 3. The van der Waals surface area contributed by atoms with E-state index in [0.29, 0.717) is 22.5 Å². The number of rotatable bonds is 5. The maximum atomic E-state index is 12.8. The summed E-state index contributed by atoms with van der Waals surface area (Å²) in [6, 6.07) is 17.3. The van der Waals surface area contributed by atoms with Gasteiger partial charge < -0.3 is 5.32 Å². The van der Waals surface area contributed by atoms with E-state index in [9.17, 15) is 13.2 Å². The first kappa shape index (κ1) is 20.6. The molecule has 150 valence electrons. The van der Waals surface area contributed by atoms with Crippen LogP contribution in [-0.4, -0.2) is 14.3 Å². The third kappa shape index (κ3) is 4.66. The van der Waals surface area contributed by atoms with Crippen LogP contribution in [0.25, 0.3) is 0 Å². The summed E-state index contributed by atoms with van der Waals surface area (Å²) in [6.45, 7) is 7.62. The van der Waals surface area contributed by atoms with Crippen LogP contribution in [0.2, 0.25) is 0 Å². The quantitative estimate of drug-likeness (QED) is 0.626. The van der Waals surface area contributed by atoms with Gasteiger partial charge in [0.15, 0.2) is 0 Å². The van der Waals surface area contributed by atoms with Crippen molar-refractivity contribution in [1.29, 1.82) is 0 Å². The minimum absolute atomic E-state index is 0.0368. The molecule has 1 amide bonds. The lowest BCUT2D eigenvalue weighted by Gasteiger charge is -2.13. The maximum absolute atomic E-state index is 12.8. The molecule has 0 unspecified atom stereocenters. The van der Waals surface area contributed by atoms with Crippen LogP contribution in [0.15, 0.2) is 65.6 Å². The van der Waals surface area contributed by atoms with E-state index in [2.05, 4.69) is 10.0 Å². The van der Waals surface area contributed by atoms with Gasteiger partial charge in [-0.2, -0.15) is 0 Å². The van der Waals surface area contributed by atoms with E-state index in [1.54, 1.807) is 25.1 Å². The van der Waals surface area contributed by atoms with Gasteiger partial charge in [-0.3, -0.25) is 9.52 Å². The topological polar surface area (TPSA) is 75.3 Å². The SMILES string of the molecule is Cc1ccc(NS(=O)(=O)c2ccc(C)c(C(=O)Nc3cccc(C)c3C)c2)cc1. The second-order valence-corrected chi connectivity index (χ2v) is 8.83. The van der Waals surface area contributed by atoms with E-state index in [-0.39, 0.29) is 10.8 Å². The summed E-state index contributed by atoms with van der Waals surface area (Å²) in [5, 5.41) is 2.89. The number of anilines is 2. The van der Waals surface area contributed by atoms with E-state index in [1.165, 1.54) is 12.1 Å². The Morgan fingerprint density at radius 2 is 1.52 bits per heavy atom. The molecule has 6 heteroatoms. The van der Waals surface area contributed by atoms with Gasteiger partial charge in [0.25, 0.3) is 15.9 Å². The molecule has 3 aromatic rings. The second-order valence-electron chi connectivity index (χ2n) is 7.15. The van der Waals surface area contributed by atoms with E-state index in [0.717, 1.165) is 16.7 Å². The van der Waals surface area contributed by atoms with Crippen LogP contribution in [0.3, 0.4) is 0 Å². The van der Waals surface area contributed by atoms with Crippen LogP contribution in [0, 0.1) is 27.7 Å². The molecule has 0 fully saturated rings. The molecule has 0 aliphatic rings. The zero-order chi connectivity index (χ0) is 21.2. The minimum atomic E-state index is -3.82. The van der Waals surface area contributed by atoms with E-state index >= 15 is 0 Å². The average molecular weight is 409 g/mol. The van der Waals surface area contributed by atoms with Gasteiger partial charge in [-0.05, 0) is 74.7 Å². The van der Waals surface area contributed by atoms with Crippen molar-refractivity contribution >= 4 is 27.3 Å². The number of carbonyl (C=O) groups excluding carboxylic acids is 1. The molecule has 0 bridgehead atoms. The number of hydrogen-bond donors (Lipinski definition) is 2. The van der Waals surface area contributed by atoms with Crippen molar-refractivity contribution in [2.24, 2.45) is 0 Å². The Balaban J connectivity index is 1.89. The number of carbonyl (C=O) groups is 1. The maximum Gasteiger partial charge on any atom is 0.261 e. The fourth-order valence-corrected chi connectivity index (χ4v) is 4.01. The molecule has 0 saturated carbocycles. The number of nitrogens with one attached hydrogen (secondary N) is 2. The third-order valence-electron chi connectivity index (χ3n) is 4.92. The highest BCUT2D eigenvalue weighted by atomic mass is 32.2. The molecule has 0 atom stereocenters. The van der Waals surface area contributed by atoms with Crippen molar-refractivity contribution in [3.63, 3.8) is 0 Å². The van der Waals surface area contributed by atoms with E-state index in [1.807, 2.05) is 51.1 Å². The van der Waals surface area contributed by atoms with Gasteiger partial charge in [0, 0.05) is 16.9 Å². The summed E-state index contributed by atoms with van der Waals surface area (Å²) in [4.78, 5) is 12.9. The van der Waals surface area contributed by atoms with E-state index in [4.69, 9.17) is 0 Å². The number of hydrogen-bond acceptors (Lipinski definition) is 3. The van der Waals surface area contributed by atoms with Gasteiger partial charge in [-0.1, -0.05) is 35.9 Å². The fraction of sp³-hybridized carbons (Fsp3) is 0.174. The van der Waals surface area contributed by atoms with Crippen molar-refractivity contribution in [3.05, 3.63) is 88.5 Å². The highest BCUT2D eigenvalue weighted by molar-refractivity contribution is 7.92. The first-order valence-corrected chi connectivity index (χ1v) is 10.7. The Morgan fingerprint density at radius 1 is 0.828 bits per heavy atom. The summed E-state index contributed by atoms with van der Waals surface area (Å²) >= 11 is 0. The van der Waals surface area contributed by atoms with Gasteiger partial charge in [0.1, 0.15) is 0 Å². The predicted molar refractivity (Wildman–Crippen MR) is 117 cm³/mol. The lowest BCUT2D eigenvalue weighted by Crippen LogP contribution is -2.17. The predicted octanol–water partition coefficient (Wildman–Crippen LogP) is 4.97. The average Bonchev–Trinajstić information content (AvgIpc) is 2.67. The molecule has 5 nitrogen and oxygen atoms in total. The molecule has 2 N–H and O–H groups in total. The Labute approximate surface area is 171 Å². The molecule has 0 spiro atoms.